The van der Waals surface area contributed by atoms with Crippen molar-refractivity contribution in [3.05, 3.63) is 27.7 Å². The second-order valence-electron chi connectivity index (χ2n) is 4.73. The van der Waals surface area contributed by atoms with E-state index >= 15 is 0 Å². The summed E-state index contributed by atoms with van der Waals surface area (Å²) >= 11 is 3.58. The molecule has 0 saturated carbocycles. The van der Waals surface area contributed by atoms with Gasteiger partial charge in [-0.1, -0.05) is 15.9 Å². The highest BCUT2D eigenvalue weighted by Gasteiger charge is 2.17. The molecule has 1 aromatic rings. The quantitative estimate of drug-likeness (QED) is 0.900. The molecule has 1 heterocycles. The Hall–Kier alpha value is -0.540. The number of benzene rings is 1. The maximum atomic E-state index is 5.73. The summed E-state index contributed by atoms with van der Waals surface area (Å²) in [5.41, 5.74) is 2.71. The molecular weight excluding hydrogens is 278 g/mol. The lowest BCUT2D eigenvalue weighted by Crippen LogP contribution is -2.20. The minimum absolute atomic E-state index is 0.594. The fraction of sp³-hybridized carbons (Fsp3) is 0.571. The predicted octanol–water partition coefficient (Wildman–Crippen LogP) is 3.31. The van der Waals surface area contributed by atoms with Gasteiger partial charge in [0.15, 0.2) is 0 Å². The summed E-state index contributed by atoms with van der Waals surface area (Å²) < 4.78 is 6.91. The third-order valence-corrected chi connectivity index (χ3v) is 3.86. The van der Waals surface area contributed by atoms with Gasteiger partial charge in [0.25, 0.3) is 0 Å². The minimum atomic E-state index is 0.594. The highest BCUT2D eigenvalue weighted by atomic mass is 79.9. The van der Waals surface area contributed by atoms with Gasteiger partial charge in [0.2, 0.25) is 0 Å². The molecule has 0 fully saturated rings. The van der Waals surface area contributed by atoms with Crippen LogP contribution in [0.25, 0.3) is 0 Å². The fourth-order valence-corrected chi connectivity index (χ4v) is 2.83. The summed E-state index contributed by atoms with van der Waals surface area (Å²) in [6.07, 6.45) is 4.56. The first-order valence-electron chi connectivity index (χ1n) is 6.32. The first-order chi connectivity index (χ1) is 8.20. The van der Waals surface area contributed by atoms with Crippen LogP contribution in [-0.2, 0) is 12.8 Å². The normalized spacial score (nSPS) is 15.5. The van der Waals surface area contributed by atoms with Crippen LogP contribution in [0.3, 0.4) is 0 Å². The van der Waals surface area contributed by atoms with Crippen molar-refractivity contribution >= 4 is 15.9 Å². The molecule has 1 aliphatic rings. The Morgan fingerprint density at radius 1 is 1.47 bits per heavy atom. The van der Waals surface area contributed by atoms with E-state index in [1.54, 1.807) is 0 Å². The maximum absolute atomic E-state index is 5.73. The molecule has 0 aliphatic carbocycles. The predicted molar refractivity (Wildman–Crippen MR) is 74.8 cm³/mol. The summed E-state index contributed by atoms with van der Waals surface area (Å²) in [6.45, 7) is 3.06. The number of aryl methyl sites for hydroxylation is 1. The van der Waals surface area contributed by atoms with Gasteiger partial charge in [-0.2, -0.15) is 0 Å². The molecule has 3 heteroatoms. The summed E-state index contributed by atoms with van der Waals surface area (Å²) in [6, 6.07) is 4.98. The van der Waals surface area contributed by atoms with Crippen molar-refractivity contribution < 1.29 is 4.74 Å². The Morgan fingerprint density at radius 2 is 2.29 bits per heavy atom. The van der Waals surface area contributed by atoms with E-state index in [0.29, 0.717) is 6.04 Å². The summed E-state index contributed by atoms with van der Waals surface area (Å²) in [7, 11) is 2.02. The molecule has 0 bridgehead atoms. The Bertz CT molecular complexity index is 392. The van der Waals surface area contributed by atoms with Crippen LogP contribution < -0.4 is 10.1 Å². The molecule has 0 aromatic heterocycles. The largest absolute Gasteiger partial charge is 0.493 e. The van der Waals surface area contributed by atoms with E-state index in [1.807, 2.05) is 7.05 Å². The van der Waals surface area contributed by atoms with E-state index in [0.717, 1.165) is 25.2 Å². The number of hydrogen-bond acceptors (Lipinski definition) is 2. The first kappa shape index (κ1) is 12.9. The molecule has 1 aromatic carbocycles. The number of hydrogen-bond donors (Lipinski definition) is 1. The van der Waals surface area contributed by atoms with E-state index in [-0.39, 0.29) is 0 Å². The number of fused-ring (bicyclic) bond motifs is 1. The number of rotatable bonds is 5. The molecule has 1 aliphatic heterocycles. The Balaban J connectivity index is 2.01. The molecule has 1 unspecified atom stereocenters. The van der Waals surface area contributed by atoms with Gasteiger partial charge in [0.1, 0.15) is 5.75 Å². The van der Waals surface area contributed by atoms with Gasteiger partial charge in [-0.3, -0.25) is 0 Å². The van der Waals surface area contributed by atoms with E-state index < -0.39 is 0 Å². The smallest absolute Gasteiger partial charge is 0.125 e. The van der Waals surface area contributed by atoms with Crippen LogP contribution in [-0.4, -0.2) is 19.7 Å². The topological polar surface area (TPSA) is 21.3 Å². The molecule has 0 radical (unpaired) electrons. The number of ether oxygens (including phenoxy) is 1. The van der Waals surface area contributed by atoms with Gasteiger partial charge >= 0.3 is 0 Å². The fourth-order valence-electron chi connectivity index (χ4n) is 2.27. The molecule has 17 heavy (non-hydrogen) atoms. The Morgan fingerprint density at radius 3 is 3.06 bits per heavy atom. The van der Waals surface area contributed by atoms with Crippen molar-refractivity contribution in [2.75, 3.05) is 13.7 Å². The number of nitrogens with one attached hydrogen (secondary N) is 1. The average molecular weight is 298 g/mol. The lowest BCUT2D eigenvalue weighted by atomic mass is 10.0. The van der Waals surface area contributed by atoms with Gasteiger partial charge in [-0.15, -0.1) is 0 Å². The average Bonchev–Trinajstić information content (AvgIpc) is 2.76. The van der Waals surface area contributed by atoms with Gasteiger partial charge in [-0.05, 0) is 56.5 Å². The lowest BCUT2D eigenvalue weighted by Gasteiger charge is -2.12. The Labute approximate surface area is 112 Å². The lowest BCUT2D eigenvalue weighted by molar-refractivity contribution is 0.352. The molecule has 2 nitrogen and oxygen atoms in total. The van der Waals surface area contributed by atoms with Crippen molar-refractivity contribution in [1.29, 1.82) is 0 Å². The van der Waals surface area contributed by atoms with E-state index in [9.17, 15) is 0 Å². The van der Waals surface area contributed by atoms with Crippen LogP contribution in [0.15, 0.2) is 16.6 Å². The van der Waals surface area contributed by atoms with Crippen LogP contribution in [0.2, 0.25) is 0 Å². The van der Waals surface area contributed by atoms with E-state index in [4.69, 9.17) is 4.74 Å². The Kier molecular flexibility index (Phi) is 4.46. The van der Waals surface area contributed by atoms with Crippen LogP contribution in [0.1, 0.15) is 30.9 Å². The van der Waals surface area contributed by atoms with Crippen molar-refractivity contribution in [1.82, 2.24) is 5.32 Å². The molecular formula is C14H20BrNO. The van der Waals surface area contributed by atoms with Crippen molar-refractivity contribution in [2.45, 2.75) is 38.6 Å². The highest BCUT2D eigenvalue weighted by Crippen LogP contribution is 2.33. The SMILES string of the molecule is CNC(C)CCCc1cc(Br)cc2c1OCC2. The van der Waals surface area contributed by atoms with Crippen LogP contribution in [0, 0.1) is 0 Å². The van der Waals surface area contributed by atoms with Gasteiger partial charge in [0, 0.05) is 16.9 Å². The second-order valence-corrected chi connectivity index (χ2v) is 5.65. The zero-order valence-corrected chi connectivity index (χ0v) is 12.1. The summed E-state index contributed by atoms with van der Waals surface area (Å²) in [5.74, 6) is 1.14. The molecule has 94 valence electrons. The first-order valence-corrected chi connectivity index (χ1v) is 7.11. The second kappa shape index (κ2) is 5.87. The molecule has 0 saturated heterocycles. The molecule has 0 amide bonds. The van der Waals surface area contributed by atoms with Crippen LogP contribution >= 0.6 is 15.9 Å². The van der Waals surface area contributed by atoms with Crippen molar-refractivity contribution in [2.24, 2.45) is 0 Å². The molecule has 1 atom stereocenters. The zero-order chi connectivity index (χ0) is 12.3. The standard InChI is InChI=1S/C14H20BrNO/c1-10(16-2)4-3-5-11-8-13(15)9-12-6-7-17-14(11)12/h8-10,16H,3-7H2,1-2H3. The molecule has 1 N–H and O–H groups in total. The summed E-state index contributed by atoms with van der Waals surface area (Å²) in [4.78, 5) is 0. The third-order valence-electron chi connectivity index (χ3n) is 3.40. The van der Waals surface area contributed by atoms with Crippen molar-refractivity contribution in [3.8, 4) is 5.75 Å². The van der Waals surface area contributed by atoms with E-state index in [1.165, 1.54) is 28.4 Å². The van der Waals surface area contributed by atoms with Gasteiger partial charge < -0.3 is 10.1 Å². The van der Waals surface area contributed by atoms with Gasteiger partial charge in [-0.25, -0.2) is 0 Å². The molecule has 0 spiro atoms. The van der Waals surface area contributed by atoms with Gasteiger partial charge in [0.05, 0.1) is 6.61 Å². The number of halogens is 1. The van der Waals surface area contributed by atoms with Crippen molar-refractivity contribution in [3.63, 3.8) is 0 Å². The zero-order valence-electron chi connectivity index (χ0n) is 10.6. The highest BCUT2D eigenvalue weighted by molar-refractivity contribution is 9.10. The molecule has 2 rings (SSSR count). The third kappa shape index (κ3) is 3.23. The monoisotopic (exact) mass is 297 g/mol. The van der Waals surface area contributed by atoms with Crippen LogP contribution in [0.5, 0.6) is 5.75 Å². The summed E-state index contributed by atoms with van der Waals surface area (Å²) in [5, 5.41) is 3.27. The minimum Gasteiger partial charge on any atom is -0.493 e. The van der Waals surface area contributed by atoms with Crippen LogP contribution in [0.4, 0.5) is 0 Å². The maximum Gasteiger partial charge on any atom is 0.125 e. The van der Waals surface area contributed by atoms with E-state index in [2.05, 4.69) is 40.3 Å².